The number of rotatable bonds is 4. The van der Waals surface area contributed by atoms with E-state index >= 15 is 0 Å². The van der Waals surface area contributed by atoms with Crippen molar-refractivity contribution in [2.45, 2.75) is 0 Å². The second kappa shape index (κ2) is 5.95. The Balaban J connectivity index is 2.54. The molecule has 0 saturated carbocycles. The van der Waals surface area contributed by atoms with Crippen LogP contribution in [0.4, 0.5) is 0 Å². The molecule has 0 fully saturated rings. The van der Waals surface area contributed by atoms with E-state index in [9.17, 15) is 4.79 Å². The van der Waals surface area contributed by atoms with E-state index in [-0.39, 0.29) is 12.5 Å². The minimum atomic E-state index is -0.362. The largest absolute Gasteiger partial charge is 0.483 e. The molecular weight excluding hydrogens is 285 g/mol. The van der Waals surface area contributed by atoms with Gasteiger partial charge in [0.2, 0.25) is 0 Å². The zero-order chi connectivity index (χ0) is 11.3. The Morgan fingerprint density at radius 1 is 1.60 bits per heavy atom. The van der Waals surface area contributed by atoms with E-state index in [1.165, 1.54) is 7.11 Å². The van der Waals surface area contributed by atoms with Gasteiger partial charge in [-0.25, -0.2) is 5.48 Å². The van der Waals surface area contributed by atoms with Crippen LogP contribution in [0, 0.1) is 0 Å². The quantitative estimate of drug-likeness (QED) is 0.866. The van der Waals surface area contributed by atoms with Crippen molar-refractivity contribution in [2.75, 3.05) is 13.7 Å². The average Bonchev–Trinajstić information content (AvgIpc) is 2.17. The molecule has 0 aliphatic heterocycles. The summed E-state index contributed by atoms with van der Waals surface area (Å²) in [5.74, 6) is 0.185. The van der Waals surface area contributed by atoms with Crippen LogP contribution in [-0.4, -0.2) is 19.6 Å². The molecule has 1 aromatic rings. The van der Waals surface area contributed by atoms with Gasteiger partial charge < -0.3 is 4.74 Å². The lowest BCUT2D eigenvalue weighted by molar-refractivity contribution is -0.133. The standard InChI is InChI=1S/C9H9BrClNO3/c1-14-12-9(13)5-15-8-3-2-6(11)4-7(8)10/h2-4H,5H2,1H3,(H,12,13). The molecule has 0 unspecified atom stereocenters. The monoisotopic (exact) mass is 293 g/mol. The van der Waals surface area contributed by atoms with Gasteiger partial charge in [-0.2, -0.15) is 0 Å². The number of hydrogen-bond donors (Lipinski definition) is 1. The summed E-state index contributed by atoms with van der Waals surface area (Å²) in [6.45, 7) is -0.117. The molecule has 0 aliphatic rings. The van der Waals surface area contributed by atoms with Crippen molar-refractivity contribution in [3.8, 4) is 5.75 Å². The van der Waals surface area contributed by atoms with Crippen molar-refractivity contribution in [2.24, 2.45) is 0 Å². The number of carbonyl (C=O) groups excluding carboxylic acids is 1. The topological polar surface area (TPSA) is 47.6 Å². The summed E-state index contributed by atoms with van der Waals surface area (Å²) in [7, 11) is 1.36. The number of carbonyl (C=O) groups is 1. The summed E-state index contributed by atoms with van der Waals surface area (Å²) in [5, 5.41) is 0.593. The Bertz CT molecular complexity index is 359. The summed E-state index contributed by atoms with van der Waals surface area (Å²) in [4.78, 5) is 15.4. The third-order valence-electron chi connectivity index (χ3n) is 1.47. The number of benzene rings is 1. The van der Waals surface area contributed by atoms with E-state index in [0.717, 1.165) is 0 Å². The van der Waals surface area contributed by atoms with E-state index in [1.807, 2.05) is 0 Å². The first-order valence-electron chi connectivity index (χ1n) is 4.03. The predicted molar refractivity (Wildman–Crippen MR) is 59.8 cm³/mol. The SMILES string of the molecule is CONC(=O)COc1ccc(Cl)cc1Br. The molecule has 1 N–H and O–H groups in total. The van der Waals surface area contributed by atoms with Gasteiger partial charge in [-0.05, 0) is 34.1 Å². The smallest absolute Gasteiger partial charge is 0.281 e. The molecule has 0 bridgehead atoms. The summed E-state index contributed by atoms with van der Waals surface area (Å²) >= 11 is 9.01. The van der Waals surface area contributed by atoms with Crippen LogP contribution in [0.5, 0.6) is 5.75 Å². The van der Waals surface area contributed by atoms with Crippen LogP contribution < -0.4 is 10.2 Å². The maximum Gasteiger partial charge on any atom is 0.281 e. The highest BCUT2D eigenvalue weighted by molar-refractivity contribution is 9.10. The van der Waals surface area contributed by atoms with E-state index < -0.39 is 0 Å². The zero-order valence-corrected chi connectivity index (χ0v) is 10.3. The van der Waals surface area contributed by atoms with Gasteiger partial charge in [0.05, 0.1) is 11.6 Å². The number of halogens is 2. The Hall–Kier alpha value is -0.780. The van der Waals surface area contributed by atoms with Crippen LogP contribution in [-0.2, 0) is 9.63 Å². The fraction of sp³-hybridized carbons (Fsp3) is 0.222. The van der Waals surface area contributed by atoms with Crippen molar-refractivity contribution in [1.29, 1.82) is 0 Å². The Morgan fingerprint density at radius 3 is 2.93 bits per heavy atom. The van der Waals surface area contributed by atoms with E-state index in [1.54, 1.807) is 18.2 Å². The molecule has 15 heavy (non-hydrogen) atoms. The molecule has 0 aliphatic carbocycles. The molecule has 0 aromatic heterocycles. The minimum absolute atomic E-state index is 0.117. The minimum Gasteiger partial charge on any atom is -0.483 e. The van der Waals surface area contributed by atoms with Gasteiger partial charge in [-0.15, -0.1) is 0 Å². The number of nitrogens with one attached hydrogen (secondary N) is 1. The lowest BCUT2D eigenvalue weighted by Gasteiger charge is -2.07. The fourth-order valence-electron chi connectivity index (χ4n) is 0.879. The molecule has 0 atom stereocenters. The molecular formula is C9H9BrClNO3. The average molecular weight is 295 g/mol. The van der Waals surface area contributed by atoms with Crippen LogP contribution in [0.3, 0.4) is 0 Å². The number of amides is 1. The lowest BCUT2D eigenvalue weighted by Crippen LogP contribution is -2.27. The van der Waals surface area contributed by atoms with Gasteiger partial charge in [-0.3, -0.25) is 9.63 Å². The molecule has 0 saturated heterocycles. The summed E-state index contributed by atoms with van der Waals surface area (Å²) < 4.78 is 5.90. The van der Waals surface area contributed by atoms with Crippen molar-refractivity contribution in [1.82, 2.24) is 5.48 Å². The van der Waals surface area contributed by atoms with Crippen LogP contribution >= 0.6 is 27.5 Å². The molecule has 4 nitrogen and oxygen atoms in total. The van der Waals surface area contributed by atoms with Gasteiger partial charge >= 0.3 is 0 Å². The summed E-state index contributed by atoms with van der Waals surface area (Å²) in [5.41, 5.74) is 2.14. The van der Waals surface area contributed by atoms with Crippen molar-refractivity contribution in [3.05, 3.63) is 27.7 Å². The van der Waals surface area contributed by atoms with Crippen LogP contribution in [0.15, 0.2) is 22.7 Å². The highest BCUT2D eigenvalue weighted by atomic mass is 79.9. The van der Waals surface area contributed by atoms with Crippen molar-refractivity contribution < 1.29 is 14.4 Å². The Kier molecular flexibility index (Phi) is 4.87. The number of ether oxygens (including phenoxy) is 1. The fourth-order valence-corrected chi connectivity index (χ4v) is 1.68. The maximum absolute atomic E-state index is 11.0. The van der Waals surface area contributed by atoms with Crippen LogP contribution in [0.1, 0.15) is 0 Å². The van der Waals surface area contributed by atoms with Gasteiger partial charge in [0.25, 0.3) is 5.91 Å². The molecule has 0 radical (unpaired) electrons. The molecule has 0 spiro atoms. The molecule has 1 amide bonds. The summed E-state index contributed by atoms with van der Waals surface area (Å²) in [6.07, 6.45) is 0. The molecule has 1 rings (SSSR count). The third-order valence-corrected chi connectivity index (χ3v) is 2.32. The van der Waals surface area contributed by atoms with E-state index in [0.29, 0.717) is 15.2 Å². The first kappa shape index (κ1) is 12.3. The zero-order valence-electron chi connectivity index (χ0n) is 7.92. The van der Waals surface area contributed by atoms with Crippen molar-refractivity contribution >= 4 is 33.4 Å². The maximum atomic E-state index is 11.0. The molecule has 6 heteroatoms. The molecule has 82 valence electrons. The second-order valence-electron chi connectivity index (χ2n) is 2.59. The Labute approximate surface area is 101 Å². The van der Waals surface area contributed by atoms with Gasteiger partial charge in [-0.1, -0.05) is 11.6 Å². The van der Waals surface area contributed by atoms with Gasteiger partial charge in [0, 0.05) is 5.02 Å². The number of hydrogen-bond acceptors (Lipinski definition) is 3. The van der Waals surface area contributed by atoms with Gasteiger partial charge in [0.15, 0.2) is 6.61 Å². The first-order chi connectivity index (χ1) is 7.13. The second-order valence-corrected chi connectivity index (χ2v) is 3.88. The van der Waals surface area contributed by atoms with Crippen LogP contribution in [0.25, 0.3) is 0 Å². The highest BCUT2D eigenvalue weighted by Gasteiger charge is 2.05. The van der Waals surface area contributed by atoms with E-state index in [2.05, 4.69) is 26.2 Å². The van der Waals surface area contributed by atoms with Crippen molar-refractivity contribution in [3.63, 3.8) is 0 Å². The third kappa shape index (κ3) is 4.07. The summed E-state index contributed by atoms with van der Waals surface area (Å²) in [6, 6.07) is 5.04. The normalized spacial score (nSPS) is 9.80. The Morgan fingerprint density at radius 2 is 2.33 bits per heavy atom. The number of hydroxylamine groups is 1. The van der Waals surface area contributed by atoms with Gasteiger partial charge in [0.1, 0.15) is 5.75 Å². The highest BCUT2D eigenvalue weighted by Crippen LogP contribution is 2.27. The molecule has 1 aromatic carbocycles. The van der Waals surface area contributed by atoms with E-state index in [4.69, 9.17) is 16.3 Å². The first-order valence-corrected chi connectivity index (χ1v) is 5.20. The lowest BCUT2D eigenvalue weighted by atomic mass is 10.3. The predicted octanol–water partition coefficient (Wildman–Crippen LogP) is 2.16. The van der Waals surface area contributed by atoms with Crippen LogP contribution in [0.2, 0.25) is 5.02 Å². The molecule has 0 heterocycles.